The summed E-state index contributed by atoms with van der Waals surface area (Å²) in [7, 11) is 0. The van der Waals surface area contributed by atoms with Crippen LogP contribution >= 0.6 is 11.6 Å². The van der Waals surface area contributed by atoms with Gasteiger partial charge in [-0.15, -0.1) is 0 Å². The molecule has 2 N–H and O–H groups in total. The number of benzene rings is 2. The van der Waals surface area contributed by atoms with Crippen molar-refractivity contribution in [1.29, 1.82) is 0 Å². The second-order valence-electron chi connectivity index (χ2n) is 7.67. The van der Waals surface area contributed by atoms with Crippen LogP contribution in [-0.4, -0.2) is 48.6 Å². The lowest BCUT2D eigenvalue weighted by Crippen LogP contribution is -2.50. The highest BCUT2D eigenvalue weighted by atomic mass is 35.5. The summed E-state index contributed by atoms with van der Waals surface area (Å²) in [6.07, 6.45) is 2.26. The van der Waals surface area contributed by atoms with Crippen LogP contribution in [0.3, 0.4) is 0 Å². The molecule has 8 heteroatoms. The summed E-state index contributed by atoms with van der Waals surface area (Å²) in [4.78, 5) is 28.9. The molecule has 3 amide bonds. The number of nitrogens with one attached hydrogen (secondary N) is 2. The summed E-state index contributed by atoms with van der Waals surface area (Å²) in [5, 5.41) is 5.89. The number of carbonyl (C=O) groups is 2. The minimum Gasteiger partial charge on any atom is -0.335 e. The fourth-order valence-corrected chi connectivity index (χ4v) is 4.26. The Kier molecular flexibility index (Phi) is 6.20. The van der Waals surface area contributed by atoms with Crippen LogP contribution in [0, 0.1) is 5.82 Å². The molecule has 6 nitrogen and oxygen atoms in total. The van der Waals surface area contributed by atoms with Gasteiger partial charge < -0.3 is 15.5 Å². The molecule has 0 spiro atoms. The Balaban J connectivity index is 1.28. The van der Waals surface area contributed by atoms with Crippen molar-refractivity contribution in [1.82, 2.24) is 10.2 Å². The first-order valence-corrected chi connectivity index (χ1v) is 10.5. The number of anilines is 2. The molecule has 0 bridgehead atoms. The van der Waals surface area contributed by atoms with Crippen LogP contribution in [0.5, 0.6) is 0 Å². The van der Waals surface area contributed by atoms with E-state index in [1.54, 1.807) is 11.0 Å². The van der Waals surface area contributed by atoms with Crippen molar-refractivity contribution in [3.63, 3.8) is 0 Å². The predicted molar refractivity (Wildman–Crippen MR) is 115 cm³/mol. The predicted octanol–water partition coefficient (Wildman–Crippen LogP) is 3.87. The zero-order valence-corrected chi connectivity index (χ0v) is 17.2. The number of urea groups is 1. The Bertz CT molecular complexity index is 919. The van der Waals surface area contributed by atoms with Crippen LogP contribution in [0.25, 0.3) is 0 Å². The Morgan fingerprint density at radius 2 is 1.77 bits per heavy atom. The van der Waals surface area contributed by atoms with E-state index in [-0.39, 0.29) is 29.0 Å². The standard InChI is InChI=1S/C22H24ClFN4O2/c23-18-7-6-17(14-19(18)24)28-13-10-20(21(28)29)27-11-8-16(9-12-27)26-22(30)25-15-4-2-1-3-5-15/h1-7,14,16,20H,8-13H2,(H2,25,26,30). The van der Waals surface area contributed by atoms with Gasteiger partial charge in [-0.05, 0) is 49.6 Å². The molecule has 158 valence electrons. The van der Waals surface area contributed by atoms with E-state index in [9.17, 15) is 14.0 Å². The fourth-order valence-electron chi connectivity index (χ4n) is 4.14. The minimum atomic E-state index is -0.522. The van der Waals surface area contributed by atoms with Crippen molar-refractivity contribution < 1.29 is 14.0 Å². The van der Waals surface area contributed by atoms with Crippen LogP contribution in [0.1, 0.15) is 19.3 Å². The third kappa shape index (κ3) is 4.57. The first-order valence-electron chi connectivity index (χ1n) is 10.1. The molecule has 0 aliphatic carbocycles. The van der Waals surface area contributed by atoms with Gasteiger partial charge >= 0.3 is 6.03 Å². The molecule has 1 unspecified atom stereocenters. The molecule has 2 heterocycles. The molecule has 0 aromatic heterocycles. The van der Waals surface area contributed by atoms with Crippen LogP contribution < -0.4 is 15.5 Å². The van der Waals surface area contributed by atoms with Crippen molar-refractivity contribution >= 4 is 34.9 Å². The molecular formula is C22H24ClFN4O2. The van der Waals surface area contributed by atoms with Crippen LogP contribution in [0.2, 0.25) is 5.02 Å². The lowest BCUT2D eigenvalue weighted by Gasteiger charge is -2.35. The van der Waals surface area contributed by atoms with Crippen LogP contribution in [0.15, 0.2) is 48.5 Å². The van der Waals surface area contributed by atoms with Gasteiger partial charge in [0.15, 0.2) is 0 Å². The summed E-state index contributed by atoms with van der Waals surface area (Å²) in [6, 6.07) is 13.4. The number of amides is 3. The van der Waals surface area contributed by atoms with Gasteiger partial charge in [-0.3, -0.25) is 9.69 Å². The number of likely N-dealkylation sites (tertiary alicyclic amines) is 1. The van der Waals surface area contributed by atoms with Crippen molar-refractivity contribution in [2.24, 2.45) is 0 Å². The van der Waals surface area contributed by atoms with Gasteiger partial charge in [-0.1, -0.05) is 29.8 Å². The Morgan fingerprint density at radius 1 is 1.03 bits per heavy atom. The monoisotopic (exact) mass is 430 g/mol. The van der Waals surface area contributed by atoms with Gasteiger partial charge in [0, 0.05) is 37.1 Å². The third-order valence-corrected chi connectivity index (χ3v) is 6.04. The quantitative estimate of drug-likeness (QED) is 0.773. The van der Waals surface area contributed by atoms with Gasteiger partial charge in [0.05, 0.1) is 11.1 Å². The van der Waals surface area contributed by atoms with Crippen molar-refractivity contribution in [2.75, 3.05) is 29.9 Å². The lowest BCUT2D eigenvalue weighted by molar-refractivity contribution is -0.122. The SMILES string of the molecule is O=C(Nc1ccccc1)NC1CCN(C2CCN(c3ccc(Cl)c(F)c3)C2=O)CC1. The third-order valence-electron chi connectivity index (χ3n) is 5.73. The highest BCUT2D eigenvalue weighted by Gasteiger charge is 2.38. The van der Waals surface area contributed by atoms with Gasteiger partial charge in [0.2, 0.25) is 5.91 Å². The number of halogens is 2. The molecule has 2 aromatic rings. The molecule has 0 saturated carbocycles. The van der Waals surface area contributed by atoms with Crippen LogP contribution in [0.4, 0.5) is 20.6 Å². The number of rotatable bonds is 4. The van der Waals surface area contributed by atoms with E-state index in [1.807, 2.05) is 30.3 Å². The number of para-hydroxylation sites is 1. The first-order chi connectivity index (χ1) is 14.5. The summed E-state index contributed by atoms with van der Waals surface area (Å²) in [5.41, 5.74) is 1.29. The summed E-state index contributed by atoms with van der Waals surface area (Å²) in [6.45, 7) is 2.02. The second-order valence-corrected chi connectivity index (χ2v) is 8.07. The Morgan fingerprint density at radius 3 is 2.47 bits per heavy atom. The molecule has 4 rings (SSSR count). The van der Waals surface area contributed by atoms with E-state index in [1.165, 1.54) is 12.1 Å². The van der Waals surface area contributed by atoms with E-state index in [4.69, 9.17) is 11.6 Å². The van der Waals surface area contributed by atoms with Gasteiger partial charge in [-0.25, -0.2) is 9.18 Å². The smallest absolute Gasteiger partial charge is 0.319 e. The Labute approximate surface area is 180 Å². The topological polar surface area (TPSA) is 64.7 Å². The average Bonchev–Trinajstić information content (AvgIpc) is 3.12. The van der Waals surface area contributed by atoms with Crippen LogP contribution in [-0.2, 0) is 4.79 Å². The fraction of sp³-hybridized carbons (Fsp3) is 0.364. The maximum absolute atomic E-state index is 13.8. The van der Waals surface area contributed by atoms with Crippen molar-refractivity contribution in [2.45, 2.75) is 31.3 Å². The molecule has 30 heavy (non-hydrogen) atoms. The van der Waals surface area contributed by atoms with Gasteiger partial charge in [0.1, 0.15) is 5.82 Å². The highest BCUT2D eigenvalue weighted by molar-refractivity contribution is 6.30. The molecule has 2 saturated heterocycles. The number of piperidine rings is 1. The zero-order valence-electron chi connectivity index (χ0n) is 16.5. The Hall–Kier alpha value is -2.64. The minimum absolute atomic E-state index is 0.00930. The maximum atomic E-state index is 13.8. The van der Waals surface area contributed by atoms with E-state index in [0.29, 0.717) is 18.7 Å². The molecule has 2 aromatic carbocycles. The molecule has 1 atom stereocenters. The number of hydrogen-bond donors (Lipinski definition) is 2. The highest BCUT2D eigenvalue weighted by Crippen LogP contribution is 2.28. The van der Waals surface area contributed by atoms with Crippen molar-refractivity contribution in [3.8, 4) is 0 Å². The molecule has 2 aliphatic heterocycles. The van der Waals surface area contributed by atoms with Gasteiger partial charge in [-0.2, -0.15) is 0 Å². The zero-order chi connectivity index (χ0) is 21.1. The molecule has 2 aliphatic rings. The molecular weight excluding hydrogens is 407 g/mol. The lowest BCUT2D eigenvalue weighted by atomic mass is 10.0. The average molecular weight is 431 g/mol. The first kappa shape index (κ1) is 20.6. The largest absolute Gasteiger partial charge is 0.335 e. The summed E-state index contributed by atoms with van der Waals surface area (Å²) in [5.74, 6) is -0.531. The number of carbonyl (C=O) groups excluding carboxylic acids is 2. The number of hydrogen-bond acceptors (Lipinski definition) is 3. The van der Waals surface area contributed by atoms with E-state index < -0.39 is 5.82 Å². The van der Waals surface area contributed by atoms with E-state index >= 15 is 0 Å². The number of nitrogens with zero attached hydrogens (tertiary/aromatic N) is 2. The molecule has 0 radical (unpaired) electrons. The maximum Gasteiger partial charge on any atom is 0.319 e. The molecule has 2 fully saturated rings. The normalized spacial score (nSPS) is 20.4. The van der Waals surface area contributed by atoms with E-state index in [0.717, 1.165) is 31.6 Å². The summed E-state index contributed by atoms with van der Waals surface area (Å²) >= 11 is 5.75. The summed E-state index contributed by atoms with van der Waals surface area (Å²) < 4.78 is 13.8. The van der Waals surface area contributed by atoms with Crippen molar-refractivity contribution in [3.05, 3.63) is 59.4 Å². The van der Waals surface area contributed by atoms with Gasteiger partial charge in [0.25, 0.3) is 0 Å². The second kappa shape index (κ2) is 9.02. The van der Waals surface area contributed by atoms with E-state index in [2.05, 4.69) is 15.5 Å².